The van der Waals surface area contributed by atoms with Crippen LogP contribution in [0.3, 0.4) is 0 Å². The highest BCUT2D eigenvalue weighted by Gasteiger charge is 2.08. The van der Waals surface area contributed by atoms with Gasteiger partial charge in [0, 0.05) is 4.47 Å². The number of carbonyl (C=O) groups is 2. The Labute approximate surface area is 159 Å². The average Bonchev–Trinajstić information content (AvgIpc) is 2.66. The number of esters is 1. The van der Waals surface area contributed by atoms with E-state index in [9.17, 15) is 9.59 Å². The molecule has 0 aliphatic carbocycles. The fourth-order valence-corrected chi connectivity index (χ4v) is 2.28. The van der Waals surface area contributed by atoms with Crippen LogP contribution < -0.4 is 14.9 Å². The van der Waals surface area contributed by atoms with Crippen molar-refractivity contribution in [1.29, 1.82) is 0 Å². The van der Waals surface area contributed by atoms with Crippen molar-refractivity contribution in [1.82, 2.24) is 5.43 Å². The summed E-state index contributed by atoms with van der Waals surface area (Å²) >= 11 is 3.33. The number of hydrogen-bond donors (Lipinski definition) is 1. The first-order valence-electron chi connectivity index (χ1n) is 7.50. The highest BCUT2D eigenvalue weighted by Crippen LogP contribution is 2.29. The van der Waals surface area contributed by atoms with Crippen molar-refractivity contribution in [3.8, 4) is 11.5 Å². The maximum absolute atomic E-state index is 11.8. The third-order valence-electron chi connectivity index (χ3n) is 3.22. The molecule has 136 valence electrons. The molecule has 1 amide bonds. The molecule has 0 saturated carbocycles. The van der Waals surface area contributed by atoms with Gasteiger partial charge in [0.05, 0.1) is 26.0 Å². The second-order valence-corrected chi connectivity index (χ2v) is 5.91. The number of ether oxygens (including phenoxy) is 3. The number of benzene rings is 2. The van der Waals surface area contributed by atoms with Crippen LogP contribution in [0.5, 0.6) is 11.5 Å². The standard InChI is InChI=1S/C18H17BrN2O5/c1-24-16-9-14(19)7-8-15(16)26-11-17(22)21-20-10-12-3-5-13(6-4-12)18(23)25-2/h3-10H,11H2,1-2H3,(H,21,22)/b20-10-. The topological polar surface area (TPSA) is 86.2 Å². The van der Waals surface area contributed by atoms with Gasteiger partial charge >= 0.3 is 5.97 Å². The van der Waals surface area contributed by atoms with Gasteiger partial charge in [-0.05, 0) is 35.9 Å². The predicted molar refractivity (Wildman–Crippen MR) is 99.7 cm³/mol. The van der Waals surface area contributed by atoms with Crippen molar-refractivity contribution in [2.75, 3.05) is 20.8 Å². The van der Waals surface area contributed by atoms with Gasteiger partial charge in [0.25, 0.3) is 5.91 Å². The Balaban J connectivity index is 1.85. The number of hydrazone groups is 1. The molecule has 0 radical (unpaired) electrons. The number of methoxy groups -OCH3 is 2. The highest BCUT2D eigenvalue weighted by atomic mass is 79.9. The van der Waals surface area contributed by atoms with E-state index in [1.807, 2.05) is 0 Å². The van der Waals surface area contributed by atoms with Crippen molar-refractivity contribution in [3.63, 3.8) is 0 Å². The van der Waals surface area contributed by atoms with Crippen molar-refractivity contribution in [3.05, 3.63) is 58.1 Å². The summed E-state index contributed by atoms with van der Waals surface area (Å²) in [5.74, 6) is 0.134. The third-order valence-corrected chi connectivity index (χ3v) is 3.71. The average molecular weight is 421 g/mol. The number of nitrogens with zero attached hydrogens (tertiary/aromatic N) is 1. The van der Waals surface area contributed by atoms with Crippen LogP contribution in [0.4, 0.5) is 0 Å². The number of nitrogens with one attached hydrogen (secondary N) is 1. The van der Waals surface area contributed by atoms with E-state index in [1.165, 1.54) is 20.4 Å². The molecule has 2 rings (SSSR count). The van der Waals surface area contributed by atoms with Gasteiger partial charge in [0.15, 0.2) is 18.1 Å². The van der Waals surface area contributed by atoms with Gasteiger partial charge < -0.3 is 14.2 Å². The molecule has 2 aromatic rings. The minimum Gasteiger partial charge on any atom is -0.493 e. The summed E-state index contributed by atoms with van der Waals surface area (Å²) in [6, 6.07) is 11.8. The Kier molecular flexibility index (Phi) is 7.16. The molecule has 0 fully saturated rings. The summed E-state index contributed by atoms with van der Waals surface area (Å²) in [7, 11) is 2.84. The van der Waals surface area contributed by atoms with Gasteiger partial charge in [0.1, 0.15) is 0 Å². The molecule has 26 heavy (non-hydrogen) atoms. The van der Waals surface area contributed by atoms with Gasteiger partial charge in [-0.3, -0.25) is 4.79 Å². The fraction of sp³-hybridized carbons (Fsp3) is 0.167. The lowest BCUT2D eigenvalue weighted by Gasteiger charge is -2.10. The maximum atomic E-state index is 11.8. The minimum absolute atomic E-state index is 0.212. The SMILES string of the molecule is COC(=O)c1ccc(/C=N\NC(=O)COc2ccc(Br)cc2OC)cc1. The first kappa shape index (κ1) is 19.5. The maximum Gasteiger partial charge on any atom is 0.337 e. The molecule has 0 unspecified atom stereocenters. The number of halogens is 1. The zero-order chi connectivity index (χ0) is 18.9. The van der Waals surface area contributed by atoms with Crippen LogP contribution >= 0.6 is 15.9 Å². The summed E-state index contributed by atoms with van der Waals surface area (Å²) in [4.78, 5) is 23.1. The van der Waals surface area contributed by atoms with E-state index in [2.05, 4.69) is 31.2 Å². The van der Waals surface area contributed by atoms with Crippen molar-refractivity contribution < 1.29 is 23.8 Å². The Morgan fingerprint density at radius 3 is 2.50 bits per heavy atom. The quantitative estimate of drug-likeness (QED) is 0.422. The molecule has 7 nitrogen and oxygen atoms in total. The molecule has 0 heterocycles. The molecule has 0 aliphatic rings. The van der Waals surface area contributed by atoms with Crippen LogP contribution in [-0.2, 0) is 9.53 Å². The fourth-order valence-electron chi connectivity index (χ4n) is 1.94. The second kappa shape index (κ2) is 9.57. The van der Waals surface area contributed by atoms with E-state index >= 15 is 0 Å². The summed E-state index contributed by atoms with van der Waals surface area (Å²) in [5, 5.41) is 3.85. The van der Waals surface area contributed by atoms with Crippen LogP contribution in [0, 0.1) is 0 Å². The Morgan fingerprint density at radius 2 is 1.85 bits per heavy atom. The van der Waals surface area contributed by atoms with Gasteiger partial charge in [0.2, 0.25) is 0 Å². The van der Waals surface area contributed by atoms with Gasteiger partial charge in [-0.15, -0.1) is 0 Å². The largest absolute Gasteiger partial charge is 0.493 e. The molecular formula is C18H17BrN2O5. The Bertz CT molecular complexity index is 806. The van der Waals surface area contributed by atoms with E-state index in [0.717, 1.165) is 4.47 Å². The summed E-state index contributed by atoms with van der Waals surface area (Å²) < 4.78 is 16.1. The van der Waals surface area contributed by atoms with Crippen LogP contribution in [0.2, 0.25) is 0 Å². The van der Waals surface area contributed by atoms with E-state index in [4.69, 9.17) is 9.47 Å². The summed E-state index contributed by atoms with van der Waals surface area (Å²) in [6.45, 7) is -0.212. The molecule has 0 spiro atoms. The zero-order valence-corrected chi connectivity index (χ0v) is 15.8. The second-order valence-electron chi connectivity index (χ2n) is 4.99. The molecule has 1 N–H and O–H groups in total. The molecule has 0 bridgehead atoms. The minimum atomic E-state index is -0.419. The van der Waals surface area contributed by atoms with Crippen molar-refractivity contribution in [2.24, 2.45) is 5.10 Å². The lowest BCUT2D eigenvalue weighted by molar-refractivity contribution is -0.123. The van der Waals surface area contributed by atoms with Gasteiger partial charge in [-0.1, -0.05) is 28.1 Å². The molecule has 0 aliphatic heterocycles. The van der Waals surface area contributed by atoms with Crippen molar-refractivity contribution >= 4 is 34.0 Å². The van der Waals surface area contributed by atoms with E-state index in [1.54, 1.807) is 42.5 Å². The molecule has 2 aromatic carbocycles. The van der Waals surface area contributed by atoms with Crippen LogP contribution in [-0.4, -0.2) is 38.9 Å². The lowest BCUT2D eigenvalue weighted by Crippen LogP contribution is -2.24. The molecule has 0 aromatic heterocycles. The Hall–Kier alpha value is -2.87. The number of amides is 1. The molecule has 0 atom stereocenters. The number of rotatable bonds is 7. The molecule has 0 saturated heterocycles. The number of carbonyl (C=O) groups excluding carboxylic acids is 2. The van der Waals surface area contributed by atoms with Crippen LogP contribution in [0.15, 0.2) is 52.0 Å². The lowest BCUT2D eigenvalue weighted by atomic mass is 10.1. The van der Waals surface area contributed by atoms with Crippen molar-refractivity contribution in [2.45, 2.75) is 0 Å². The van der Waals surface area contributed by atoms with Crippen LogP contribution in [0.1, 0.15) is 15.9 Å². The smallest absolute Gasteiger partial charge is 0.337 e. The van der Waals surface area contributed by atoms with Crippen LogP contribution in [0.25, 0.3) is 0 Å². The normalized spacial score (nSPS) is 10.4. The van der Waals surface area contributed by atoms with E-state index < -0.39 is 11.9 Å². The molecular weight excluding hydrogens is 404 g/mol. The number of hydrogen-bond acceptors (Lipinski definition) is 6. The summed E-state index contributed by atoms with van der Waals surface area (Å²) in [5.41, 5.74) is 3.51. The van der Waals surface area contributed by atoms with E-state index in [0.29, 0.717) is 22.6 Å². The first-order chi connectivity index (χ1) is 12.5. The van der Waals surface area contributed by atoms with E-state index in [-0.39, 0.29) is 6.61 Å². The van der Waals surface area contributed by atoms with Gasteiger partial charge in [-0.25, -0.2) is 10.2 Å². The third kappa shape index (κ3) is 5.59. The zero-order valence-electron chi connectivity index (χ0n) is 14.2. The highest BCUT2D eigenvalue weighted by molar-refractivity contribution is 9.10. The summed E-state index contributed by atoms with van der Waals surface area (Å²) in [6.07, 6.45) is 1.46. The Morgan fingerprint density at radius 1 is 1.12 bits per heavy atom. The first-order valence-corrected chi connectivity index (χ1v) is 8.29. The predicted octanol–water partition coefficient (Wildman–Crippen LogP) is 2.77. The van der Waals surface area contributed by atoms with Gasteiger partial charge in [-0.2, -0.15) is 5.10 Å². The monoisotopic (exact) mass is 420 g/mol. The molecule has 8 heteroatoms.